The largest absolute Gasteiger partial charge is 0.435 e. The van der Waals surface area contributed by atoms with Crippen LogP contribution >= 0.6 is 0 Å². The summed E-state index contributed by atoms with van der Waals surface area (Å²) in [5, 5.41) is 21.0. The van der Waals surface area contributed by atoms with E-state index >= 15 is 0 Å². The summed E-state index contributed by atoms with van der Waals surface area (Å²) in [6.45, 7) is 4.43. The first kappa shape index (κ1) is 12.8. The number of hydrogen-bond donors (Lipinski definition) is 2. The second kappa shape index (κ2) is 3.64. The molecule has 6 atom stereocenters. The molecular formula is C15H20O5. The first-order valence-electron chi connectivity index (χ1n) is 7.28. The number of ether oxygens (including phenoxy) is 2. The third kappa shape index (κ3) is 1.19. The van der Waals surface area contributed by atoms with Crippen LogP contribution in [0.25, 0.3) is 0 Å². The van der Waals surface area contributed by atoms with Crippen molar-refractivity contribution in [2.75, 3.05) is 6.61 Å². The standard InChI is InChI=1S/C15H20O5/c1-14(2)8-4-3-7-6-19-12-11(7)15(8,13(18)20-12)10(17)5-9(14)16/h3,8-12,16-17H,4-6H2,1-2H3/t8-,9+,10-,11+,12+,15-/m0/s1. The van der Waals surface area contributed by atoms with Gasteiger partial charge in [-0.2, -0.15) is 0 Å². The van der Waals surface area contributed by atoms with Crippen LogP contribution < -0.4 is 0 Å². The quantitative estimate of drug-likeness (QED) is 0.502. The number of aliphatic hydroxyl groups excluding tert-OH is 2. The lowest BCUT2D eigenvalue weighted by Crippen LogP contribution is -2.63. The molecule has 2 aliphatic carbocycles. The SMILES string of the molecule is CC1(C)[C@H](O)C[C@H](O)[C@@]23C(=O)O[C@H]4OCC(=CC[C@@H]12)[C@H]43. The molecule has 1 saturated carbocycles. The maximum absolute atomic E-state index is 12.6. The van der Waals surface area contributed by atoms with E-state index < -0.39 is 29.3 Å². The fourth-order valence-electron chi connectivity index (χ4n) is 4.95. The highest BCUT2D eigenvalue weighted by atomic mass is 16.7. The van der Waals surface area contributed by atoms with Gasteiger partial charge in [-0.25, -0.2) is 0 Å². The van der Waals surface area contributed by atoms with E-state index in [-0.39, 0.29) is 24.2 Å². The Hall–Kier alpha value is -0.910. The fraction of sp³-hybridized carbons (Fsp3) is 0.800. The molecule has 0 aromatic carbocycles. The number of carbonyl (C=O) groups is 1. The number of allylic oxidation sites excluding steroid dienone is 1. The second-order valence-corrected chi connectivity index (χ2v) is 7.15. The molecule has 2 N–H and O–H groups in total. The zero-order chi connectivity index (χ0) is 14.3. The van der Waals surface area contributed by atoms with E-state index in [2.05, 4.69) is 6.08 Å². The fourth-order valence-corrected chi connectivity index (χ4v) is 4.95. The van der Waals surface area contributed by atoms with Crippen LogP contribution in [0.5, 0.6) is 0 Å². The van der Waals surface area contributed by atoms with Gasteiger partial charge in [0.15, 0.2) is 0 Å². The minimum atomic E-state index is -0.937. The summed E-state index contributed by atoms with van der Waals surface area (Å²) < 4.78 is 11.0. The van der Waals surface area contributed by atoms with Crippen molar-refractivity contribution >= 4 is 5.97 Å². The summed E-state index contributed by atoms with van der Waals surface area (Å²) in [4.78, 5) is 12.6. The molecule has 0 amide bonds. The Morgan fingerprint density at radius 1 is 1.30 bits per heavy atom. The van der Waals surface area contributed by atoms with Gasteiger partial charge >= 0.3 is 5.97 Å². The van der Waals surface area contributed by atoms with Gasteiger partial charge in [-0.3, -0.25) is 4.79 Å². The van der Waals surface area contributed by atoms with Crippen LogP contribution in [0.1, 0.15) is 26.7 Å². The summed E-state index contributed by atoms with van der Waals surface area (Å²) in [5.41, 5.74) is -0.297. The Kier molecular flexibility index (Phi) is 2.33. The number of aliphatic hydroxyl groups is 2. The molecule has 0 aromatic rings. The van der Waals surface area contributed by atoms with E-state index in [1.807, 2.05) is 13.8 Å². The molecule has 0 unspecified atom stereocenters. The van der Waals surface area contributed by atoms with Crippen LogP contribution in [0.2, 0.25) is 0 Å². The topological polar surface area (TPSA) is 76.0 Å². The number of esters is 1. The molecule has 4 rings (SSSR count). The number of rotatable bonds is 0. The third-order valence-electron chi connectivity index (χ3n) is 6.12. The molecule has 3 fully saturated rings. The molecule has 0 aromatic heterocycles. The highest BCUT2D eigenvalue weighted by molar-refractivity contribution is 5.83. The normalized spacial score (nSPS) is 52.1. The molecule has 0 bridgehead atoms. The van der Waals surface area contributed by atoms with Gasteiger partial charge in [-0.05, 0) is 23.3 Å². The van der Waals surface area contributed by atoms with Gasteiger partial charge in [0.25, 0.3) is 0 Å². The predicted molar refractivity (Wildman–Crippen MR) is 68.4 cm³/mol. The lowest BCUT2D eigenvalue weighted by molar-refractivity contribution is -0.192. The number of carbonyl (C=O) groups excluding carboxylic acids is 1. The van der Waals surface area contributed by atoms with Crippen molar-refractivity contribution in [1.82, 2.24) is 0 Å². The average Bonchev–Trinajstić information content (AvgIpc) is 2.91. The van der Waals surface area contributed by atoms with E-state index in [0.29, 0.717) is 13.0 Å². The molecule has 1 spiro atoms. The summed E-state index contributed by atoms with van der Waals surface area (Å²) in [6, 6.07) is 0. The Bertz CT molecular complexity index is 510. The van der Waals surface area contributed by atoms with Gasteiger partial charge in [-0.15, -0.1) is 0 Å². The molecule has 110 valence electrons. The Labute approximate surface area is 117 Å². The van der Waals surface area contributed by atoms with Crippen LogP contribution in [0, 0.1) is 22.7 Å². The predicted octanol–water partition coefficient (Wildman–Crippen LogP) is 0.600. The van der Waals surface area contributed by atoms with Gasteiger partial charge in [0.05, 0.1) is 24.7 Å². The molecule has 4 aliphatic rings. The van der Waals surface area contributed by atoms with Crippen molar-refractivity contribution in [3.05, 3.63) is 11.6 Å². The lowest BCUT2D eigenvalue weighted by Gasteiger charge is -2.56. The van der Waals surface area contributed by atoms with Crippen LogP contribution in [0.3, 0.4) is 0 Å². The molecule has 0 radical (unpaired) electrons. The molecule has 20 heavy (non-hydrogen) atoms. The average molecular weight is 280 g/mol. The van der Waals surface area contributed by atoms with Gasteiger partial charge in [0, 0.05) is 6.42 Å². The van der Waals surface area contributed by atoms with Gasteiger partial charge in [0.1, 0.15) is 5.41 Å². The smallest absolute Gasteiger partial charge is 0.318 e. The van der Waals surface area contributed by atoms with Crippen molar-refractivity contribution in [2.45, 2.75) is 45.2 Å². The lowest BCUT2D eigenvalue weighted by atomic mass is 9.47. The molecule has 2 saturated heterocycles. The first-order valence-corrected chi connectivity index (χ1v) is 7.28. The van der Waals surface area contributed by atoms with E-state index in [1.54, 1.807) is 0 Å². The van der Waals surface area contributed by atoms with E-state index in [0.717, 1.165) is 5.57 Å². The molecule has 2 heterocycles. The van der Waals surface area contributed by atoms with Crippen molar-refractivity contribution in [3.8, 4) is 0 Å². The van der Waals surface area contributed by atoms with Crippen LogP contribution in [-0.2, 0) is 14.3 Å². The maximum atomic E-state index is 12.6. The Morgan fingerprint density at radius 3 is 2.80 bits per heavy atom. The highest BCUT2D eigenvalue weighted by Crippen LogP contribution is 2.65. The molecule has 2 aliphatic heterocycles. The minimum Gasteiger partial charge on any atom is -0.435 e. The third-order valence-corrected chi connectivity index (χ3v) is 6.12. The van der Waals surface area contributed by atoms with Crippen LogP contribution in [-0.4, -0.2) is 41.3 Å². The highest BCUT2D eigenvalue weighted by Gasteiger charge is 2.73. The van der Waals surface area contributed by atoms with Gasteiger partial charge in [0.2, 0.25) is 6.29 Å². The van der Waals surface area contributed by atoms with Crippen molar-refractivity contribution < 1.29 is 24.5 Å². The van der Waals surface area contributed by atoms with Crippen molar-refractivity contribution in [3.63, 3.8) is 0 Å². The number of hydrogen-bond acceptors (Lipinski definition) is 5. The van der Waals surface area contributed by atoms with Gasteiger partial charge in [-0.1, -0.05) is 19.9 Å². The minimum absolute atomic E-state index is 0.123. The molecular weight excluding hydrogens is 260 g/mol. The van der Waals surface area contributed by atoms with Crippen molar-refractivity contribution in [2.24, 2.45) is 22.7 Å². The maximum Gasteiger partial charge on any atom is 0.318 e. The monoisotopic (exact) mass is 280 g/mol. The Morgan fingerprint density at radius 2 is 2.05 bits per heavy atom. The van der Waals surface area contributed by atoms with E-state index in [9.17, 15) is 15.0 Å². The van der Waals surface area contributed by atoms with Crippen LogP contribution in [0.4, 0.5) is 0 Å². The summed E-state index contributed by atoms with van der Waals surface area (Å²) in [7, 11) is 0. The first-order chi connectivity index (χ1) is 9.40. The van der Waals surface area contributed by atoms with Gasteiger partial charge < -0.3 is 19.7 Å². The zero-order valence-electron chi connectivity index (χ0n) is 11.7. The zero-order valence-corrected chi connectivity index (χ0v) is 11.7. The van der Waals surface area contributed by atoms with Crippen LogP contribution in [0.15, 0.2) is 11.6 Å². The Balaban J connectivity index is 1.92. The van der Waals surface area contributed by atoms with E-state index in [4.69, 9.17) is 9.47 Å². The summed E-state index contributed by atoms with van der Waals surface area (Å²) in [5.74, 6) is -0.660. The summed E-state index contributed by atoms with van der Waals surface area (Å²) >= 11 is 0. The van der Waals surface area contributed by atoms with Crippen molar-refractivity contribution in [1.29, 1.82) is 0 Å². The molecule has 5 nitrogen and oxygen atoms in total. The second-order valence-electron chi connectivity index (χ2n) is 7.15. The molecule has 5 heteroatoms. The summed E-state index contributed by atoms with van der Waals surface area (Å²) in [6.07, 6.45) is 0.966. The van der Waals surface area contributed by atoms with E-state index in [1.165, 1.54) is 0 Å².